The minimum atomic E-state index is -0.772. The smallest absolute Gasteiger partial charge is 0.303 e. The van der Waals surface area contributed by atoms with Gasteiger partial charge in [0.05, 0.1) is 31.8 Å². The minimum Gasteiger partial charge on any atom is -0.497 e. The lowest BCUT2D eigenvalue weighted by Gasteiger charge is -2.14. The van der Waals surface area contributed by atoms with Crippen LogP contribution in [0.4, 0.5) is 0 Å². The Labute approximate surface area is 203 Å². The fourth-order valence-corrected chi connectivity index (χ4v) is 4.04. The molecule has 7 nitrogen and oxygen atoms in total. The molecule has 7 heteroatoms. The molecule has 4 aromatic rings. The van der Waals surface area contributed by atoms with Crippen LogP contribution in [0.1, 0.15) is 30.4 Å². The zero-order chi connectivity index (χ0) is 24.8. The number of carbonyl (C=O) groups is 1. The van der Waals surface area contributed by atoms with Crippen LogP contribution in [0.25, 0.3) is 22.3 Å². The molecule has 180 valence electrons. The summed E-state index contributed by atoms with van der Waals surface area (Å²) >= 11 is 0. The number of unbranched alkanes of at least 4 members (excludes halogenated alkanes) is 1. The number of fused-ring (bicyclic) bond motifs is 1. The van der Waals surface area contributed by atoms with E-state index in [9.17, 15) is 9.59 Å². The first-order chi connectivity index (χ1) is 17.0. The van der Waals surface area contributed by atoms with Crippen LogP contribution in [0.5, 0.6) is 11.5 Å². The van der Waals surface area contributed by atoms with E-state index in [4.69, 9.17) is 19.6 Å². The van der Waals surface area contributed by atoms with Gasteiger partial charge in [0.2, 0.25) is 0 Å². The molecule has 0 aliphatic carbocycles. The molecule has 1 heterocycles. The van der Waals surface area contributed by atoms with E-state index in [1.165, 1.54) is 0 Å². The van der Waals surface area contributed by atoms with Crippen LogP contribution in [0, 0.1) is 0 Å². The number of hydrogen-bond donors (Lipinski definition) is 1. The van der Waals surface area contributed by atoms with Crippen LogP contribution >= 0.6 is 0 Å². The van der Waals surface area contributed by atoms with Crippen molar-refractivity contribution in [2.75, 3.05) is 14.2 Å². The molecule has 35 heavy (non-hydrogen) atoms. The lowest BCUT2D eigenvalue weighted by molar-refractivity contribution is -0.137. The van der Waals surface area contributed by atoms with Gasteiger partial charge in [0.15, 0.2) is 0 Å². The molecule has 0 fully saturated rings. The summed E-state index contributed by atoms with van der Waals surface area (Å²) in [5, 5.41) is 8.79. The van der Waals surface area contributed by atoms with E-state index in [-0.39, 0.29) is 12.0 Å². The predicted molar refractivity (Wildman–Crippen MR) is 135 cm³/mol. The fourth-order valence-electron chi connectivity index (χ4n) is 4.04. The van der Waals surface area contributed by atoms with Crippen molar-refractivity contribution >= 4 is 17.0 Å². The monoisotopic (exact) mass is 472 g/mol. The lowest BCUT2D eigenvalue weighted by atomic mass is 10.0. The van der Waals surface area contributed by atoms with Crippen LogP contribution in [-0.4, -0.2) is 34.8 Å². The van der Waals surface area contributed by atoms with Crippen LogP contribution in [0.15, 0.2) is 71.5 Å². The third-order valence-corrected chi connectivity index (χ3v) is 5.99. The molecule has 0 atom stereocenters. The second-order valence-electron chi connectivity index (χ2n) is 8.35. The number of aryl methyl sites for hydroxylation is 1. The predicted octanol–water partition coefficient (Wildman–Crippen LogP) is 4.93. The maximum Gasteiger partial charge on any atom is 0.303 e. The Morgan fingerprint density at radius 1 is 0.886 bits per heavy atom. The molecule has 0 saturated heterocycles. The normalized spacial score (nSPS) is 10.9. The van der Waals surface area contributed by atoms with Crippen molar-refractivity contribution in [3.8, 4) is 22.8 Å². The summed E-state index contributed by atoms with van der Waals surface area (Å²) in [4.78, 5) is 29.0. The summed E-state index contributed by atoms with van der Waals surface area (Å²) in [6, 6.07) is 20.9. The van der Waals surface area contributed by atoms with Crippen molar-refractivity contribution in [1.82, 2.24) is 9.55 Å². The third kappa shape index (κ3) is 5.69. The molecular weight excluding hydrogens is 444 g/mol. The van der Waals surface area contributed by atoms with Crippen LogP contribution in [0.2, 0.25) is 0 Å². The van der Waals surface area contributed by atoms with Gasteiger partial charge in [-0.3, -0.25) is 9.59 Å². The SMILES string of the molecule is COc1ccc(Cn2c(=O)c(-c3ccc(CCCCC(=O)O)cc3)nc3ccc(OC)cc32)cc1. The highest BCUT2D eigenvalue weighted by molar-refractivity contribution is 5.79. The largest absolute Gasteiger partial charge is 0.497 e. The molecule has 1 aromatic heterocycles. The summed E-state index contributed by atoms with van der Waals surface area (Å²) in [6.45, 7) is 0.379. The molecule has 0 amide bonds. The van der Waals surface area contributed by atoms with Crippen LogP contribution in [0.3, 0.4) is 0 Å². The van der Waals surface area contributed by atoms with E-state index in [1.54, 1.807) is 18.8 Å². The minimum absolute atomic E-state index is 0.178. The van der Waals surface area contributed by atoms with Gasteiger partial charge in [-0.05, 0) is 54.7 Å². The number of aliphatic carboxylic acids is 1. The average Bonchev–Trinajstić information content (AvgIpc) is 2.88. The van der Waals surface area contributed by atoms with Crippen molar-refractivity contribution in [3.63, 3.8) is 0 Å². The van der Waals surface area contributed by atoms with E-state index >= 15 is 0 Å². The lowest BCUT2D eigenvalue weighted by Crippen LogP contribution is -2.24. The van der Waals surface area contributed by atoms with Gasteiger partial charge in [0.25, 0.3) is 5.56 Å². The molecule has 3 aromatic carbocycles. The van der Waals surface area contributed by atoms with Gasteiger partial charge in [0.1, 0.15) is 17.2 Å². The number of rotatable bonds is 10. The molecule has 0 spiro atoms. The van der Waals surface area contributed by atoms with Crippen molar-refractivity contribution in [3.05, 3.63) is 88.2 Å². The maximum atomic E-state index is 13.6. The Balaban J connectivity index is 1.69. The van der Waals surface area contributed by atoms with Gasteiger partial charge >= 0.3 is 5.97 Å². The quantitative estimate of drug-likeness (QED) is 0.329. The number of aromatic nitrogens is 2. The Morgan fingerprint density at radius 3 is 2.20 bits per heavy atom. The maximum absolute atomic E-state index is 13.6. The second-order valence-corrected chi connectivity index (χ2v) is 8.35. The Kier molecular flexibility index (Phi) is 7.45. The van der Waals surface area contributed by atoms with Crippen molar-refractivity contribution in [1.29, 1.82) is 0 Å². The van der Waals surface area contributed by atoms with Crippen molar-refractivity contribution < 1.29 is 19.4 Å². The molecule has 0 bridgehead atoms. The number of nitrogens with zero attached hydrogens (tertiary/aromatic N) is 2. The molecular formula is C28H28N2O5. The van der Waals surface area contributed by atoms with Gasteiger partial charge in [-0.1, -0.05) is 36.4 Å². The van der Waals surface area contributed by atoms with Gasteiger partial charge < -0.3 is 19.1 Å². The first-order valence-electron chi connectivity index (χ1n) is 11.5. The second kappa shape index (κ2) is 10.9. The summed E-state index contributed by atoms with van der Waals surface area (Å²) in [5.41, 5.74) is 4.40. The number of methoxy groups -OCH3 is 2. The molecule has 4 rings (SSSR count). The Hall–Kier alpha value is -4.13. The van der Waals surface area contributed by atoms with Crippen LogP contribution in [-0.2, 0) is 17.8 Å². The topological polar surface area (TPSA) is 90.7 Å². The van der Waals surface area contributed by atoms with Crippen LogP contribution < -0.4 is 15.0 Å². The van der Waals surface area contributed by atoms with Gasteiger partial charge in [-0.15, -0.1) is 0 Å². The Bertz CT molecular complexity index is 1380. The number of ether oxygens (including phenoxy) is 2. The molecule has 0 aliphatic heterocycles. The number of carboxylic acids is 1. The first kappa shape index (κ1) is 24.0. The first-order valence-corrected chi connectivity index (χ1v) is 11.5. The van der Waals surface area contributed by atoms with E-state index in [2.05, 4.69) is 0 Å². The number of carboxylic acid groups (broad SMARTS) is 1. The van der Waals surface area contributed by atoms with Gasteiger partial charge in [-0.2, -0.15) is 0 Å². The zero-order valence-electron chi connectivity index (χ0n) is 19.9. The van der Waals surface area contributed by atoms with E-state index in [0.717, 1.165) is 35.3 Å². The standard InChI is InChI=1S/C28H28N2O5/c1-34-22-13-9-20(10-14-22)18-30-25-17-23(35-2)15-16-24(25)29-27(28(30)33)21-11-7-19(8-12-21)5-3-4-6-26(31)32/h7-17H,3-6,18H2,1-2H3,(H,31,32). The van der Waals surface area contributed by atoms with E-state index in [0.29, 0.717) is 35.4 Å². The summed E-state index contributed by atoms with van der Waals surface area (Å²) < 4.78 is 12.4. The molecule has 0 aliphatic rings. The highest BCUT2D eigenvalue weighted by atomic mass is 16.5. The molecule has 0 unspecified atom stereocenters. The third-order valence-electron chi connectivity index (χ3n) is 5.99. The Morgan fingerprint density at radius 2 is 1.54 bits per heavy atom. The molecule has 1 N–H and O–H groups in total. The highest BCUT2D eigenvalue weighted by Gasteiger charge is 2.14. The van der Waals surface area contributed by atoms with Crippen molar-refractivity contribution in [2.24, 2.45) is 0 Å². The van der Waals surface area contributed by atoms with E-state index in [1.807, 2.05) is 66.7 Å². The molecule has 0 saturated carbocycles. The van der Waals surface area contributed by atoms with Gasteiger partial charge in [0, 0.05) is 18.1 Å². The van der Waals surface area contributed by atoms with E-state index < -0.39 is 5.97 Å². The average molecular weight is 473 g/mol. The highest BCUT2D eigenvalue weighted by Crippen LogP contribution is 2.23. The fraction of sp³-hybridized carbons (Fsp3) is 0.250. The summed E-state index contributed by atoms with van der Waals surface area (Å²) in [7, 11) is 3.22. The zero-order valence-corrected chi connectivity index (χ0v) is 19.9. The van der Waals surface area contributed by atoms with Crippen molar-refractivity contribution in [2.45, 2.75) is 32.2 Å². The number of hydrogen-bond acceptors (Lipinski definition) is 5. The summed E-state index contributed by atoms with van der Waals surface area (Å²) in [6.07, 6.45) is 2.41. The molecule has 0 radical (unpaired) electrons. The van der Waals surface area contributed by atoms with Gasteiger partial charge in [-0.25, -0.2) is 4.98 Å². The number of benzene rings is 3. The summed E-state index contributed by atoms with van der Waals surface area (Å²) in [5.74, 6) is 0.638.